The molecule has 6 heteroatoms. The van der Waals surface area contributed by atoms with Crippen LogP contribution in [0.3, 0.4) is 0 Å². The van der Waals surface area contributed by atoms with Crippen molar-refractivity contribution >= 4 is 34.8 Å². The van der Waals surface area contributed by atoms with Crippen molar-refractivity contribution in [1.82, 2.24) is 0 Å². The number of ether oxygens (including phenoxy) is 1. The van der Waals surface area contributed by atoms with Crippen molar-refractivity contribution in [2.45, 2.75) is 0 Å². The Balaban J connectivity index is 2.21. The lowest BCUT2D eigenvalue weighted by Gasteiger charge is -2.09. The second-order valence-corrected chi connectivity index (χ2v) is 4.78. The summed E-state index contributed by atoms with van der Waals surface area (Å²) in [6.07, 6.45) is 0. The molecule has 4 nitrogen and oxygen atoms in total. The number of phenolic OH excluding ortho intramolecular Hbond substituents is 1. The number of rotatable bonds is 3. The number of anilines is 1. The van der Waals surface area contributed by atoms with Gasteiger partial charge in [0.25, 0.3) is 5.91 Å². The van der Waals surface area contributed by atoms with Gasteiger partial charge in [-0.15, -0.1) is 0 Å². The Morgan fingerprint density at radius 3 is 2.55 bits per heavy atom. The molecule has 2 N–H and O–H groups in total. The van der Waals surface area contributed by atoms with Gasteiger partial charge < -0.3 is 15.2 Å². The van der Waals surface area contributed by atoms with E-state index in [2.05, 4.69) is 5.32 Å². The van der Waals surface area contributed by atoms with Gasteiger partial charge in [-0.2, -0.15) is 0 Å². The highest BCUT2D eigenvalue weighted by Crippen LogP contribution is 2.28. The van der Waals surface area contributed by atoms with Gasteiger partial charge in [0.05, 0.1) is 17.2 Å². The van der Waals surface area contributed by atoms with Crippen molar-refractivity contribution in [2.75, 3.05) is 12.4 Å². The van der Waals surface area contributed by atoms with Crippen LogP contribution in [-0.4, -0.2) is 18.1 Å². The van der Waals surface area contributed by atoms with E-state index in [0.717, 1.165) is 0 Å². The van der Waals surface area contributed by atoms with Gasteiger partial charge in [0.1, 0.15) is 11.5 Å². The van der Waals surface area contributed by atoms with E-state index >= 15 is 0 Å². The molecule has 0 bridgehead atoms. The molecule has 0 saturated heterocycles. The molecule has 0 spiro atoms. The monoisotopic (exact) mass is 311 g/mol. The predicted molar refractivity (Wildman–Crippen MR) is 79.1 cm³/mol. The largest absolute Gasteiger partial charge is 0.506 e. The number of benzene rings is 2. The van der Waals surface area contributed by atoms with Crippen LogP contribution in [0.1, 0.15) is 10.4 Å². The topological polar surface area (TPSA) is 58.6 Å². The third-order valence-electron chi connectivity index (χ3n) is 2.62. The highest BCUT2D eigenvalue weighted by molar-refractivity contribution is 6.32. The van der Waals surface area contributed by atoms with E-state index in [1.165, 1.54) is 25.3 Å². The first-order valence-corrected chi connectivity index (χ1v) is 6.40. The summed E-state index contributed by atoms with van der Waals surface area (Å²) in [4.78, 5) is 12.0. The van der Waals surface area contributed by atoms with Crippen LogP contribution in [0, 0.1) is 0 Å². The number of aromatic hydroxyl groups is 1. The quantitative estimate of drug-likeness (QED) is 0.902. The molecule has 0 fully saturated rings. The van der Waals surface area contributed by atoms with Gasteiger partial charge in [-0.05, 0) is 30.3 Å². The lowest BCUT2D eigenvalue weighted by atomic mass is 10.2. The number of hydrogen-bond acceptors (Lipinski definition) is 3. The minimum absolute atomic E-state index is 0.0728. The van der Waals surface area contributed by atoms with Gasteiger partial charge in [-0.25, -0.2) is 0 Å². The average Bonchev–Trinajstić information content (AvgIpc) is 2.43. The van der Waals surface area contributed by atoms with E-state index in [1.807, 2.05) is 0 Å². The average molecular weight is 312 g/mol. The number of phenols is 1. The van der Waals surface area contributed by atoms with Crippen LogP contribution in [0.5, 0.6) is 11.5 Å². The van der Waals surface area contributed by atoms with E-state index in [0.29, 0.717) is 22.0 Å². The number of halogens is 2. The van der Waals surface area contributed by atoms with E-state index in [4.69, 9.17) is 27.9 Å². The second kappa shape index (κ2) is 6.03. The molecule has 0 aliphatic heterocycles. The lowest BCUT2D eigenvalue weighted by Crippen LogP contribution is -2.11. The molecule has 20 heavy (non-hydrogen) atoms. The molecule has 2 aromatic rings. The molecular weight excluding hydrogens is 301 g/mol. The summed E-state index contributed by atoms with van der Waals surface area (Å²) in [6.45, 7) is 0. The summed E-state index contributed by atoms with van der Waals surface area (Å²) in [7, 11) is 1.49. The number of nitrogens with one attached hydrogen (secondary N) is 1. The van der Waals surface area contributed by atoms with Crippen LogP contribution in [0.25, 0.3) is 0 Å². The molecule has 2 aromatic carbocycles. The summed E-state index contributed by atoms with van der Waals surface area (Å²) in [5, 5.41) is 12.6. The molecule has 0 radical (unpaired) electrons. The van der Waals surface area contributed by atoms with Gasteiger partial charge >= 0.3 is 0 Å². The van der Waals surface area contributed by atoms with Crippen LogP contribution >= 0.6 is 23.2 Å². The minimum atomic E-state index is -0.351. The fraction of sp³-hybridized carbons (Fsp3) is 0.0714. The highest BCUT2D eigenvalue weighted by Gasteiger charge is 2.10. The van der Waals surface area contributed by atoms with Crippen LogP contribution < -0.4 is 10.1 Å². The Morgan fingerprint density at radius 1 is 1.15 bits per heavy atom. The number of amides is 1. The Hall–Kier alpha value is -1.91. The third-order valence-corrected chi connectivity index (χ3v) is 3.23. The van der Waals surface area contributed by atoms with Crippen molar-refractivity contribution in [3.05, 3.63) is 52.0 Å². The Morgan fingerprint density at radius 2 is 1.90 bits per heavy atom. The third kappa shape index (κ3) is 3.15. The number of hydrogen-bond donors (Lipinski definition) is 2. The summed E-state index contributed by atoms with van der Waals surface area (Å²) in [5.74, 6) is 0.0425. The van der Waals surface area contributed by atoms with Gasteiger partial charge in [0.2, 0.25) is 0 Å². The summed E-state index contributed by atoms with van der Waals surface area (Å²) >= 11 is 11.7. The fourth-order valence-electron chi connectivity index (χ4n) is 1.59. The van der Waals surface area contributed by atoms with E-state index in [-0.39, 0.29) is 16.7 Å². The van der Waals surface area contributed by atoms with Crippen molar-refractivity contribution < 1.29 is 14.6 Å². The number of carbonyl (C=O) groups is 1. The SMILES string of the molecule is COc1cc(NC(=O)c2ccc(O)c(Cl)c2)ccc1Cl. The van der Waals surface area contributed by atoms with Crippen molar-refractivity contribution in [1.29, 1.82) is 0 Å². The standard InChI is InChI=1S/C14H11Cl2NO3/c1-20-13-7-9(3-4-10(13)15)17-14(19)8-2-5-12(18)11(16)6-8/h2-7,18H,1H3,(H,17,19). The molecule has 2 rings (SSSR count). The van der Waals surface area contributed by atoms with Gasteiger partial charge in [-0.1, -0.05) is 23.2 Å². The fourth-order valence-corrected chi connectivity index (χ4v) is 1.96. The number of methoxy groups -OCH3 is 1. The zero-order valence-electron chi connectivity index (χ0n) is 10.5. The summed E-state index contributed by atoms with van der Waals surface area (Å²) < 4.78 is 5.07. The first-order valence-electron chi connectivity index (χ1n) is 5.64. The van der Waals surface area contributed by atoms with Gasteiger partial charge in [0.15, 0.2) is 0 Å². The predicted octanol–water partition coefficient (Wildman–Crippen LogP) is 3.96. The van der Waals surface area contributed by atoms with Crippen LogP contribution in [0.15, 0.2) is 36.4 Å². The maximum atomic E-state index is 12.0. The van der Waals surface area contributed by atoms with Crippen LogP contribution in [-0.2, 0) is 0 Å². The minimum Gasteiger partial charge on any atom is -0.506 e. The van der Waals surface area contributed by atoms with Crippen molar-refractivity contribution in [3.8, 4) is 11.5 Å². The zero-order valence-corrected chi connectivity index (χ0v) is 12.0. The highest BCUT2D eigenvalue weighted by atomic mass is 35.5. The first kappa shape index (κ1) is 14.5. The maximum Gasteiger partial charge on any atom is 0.255 e. The Bertz CT molecular complexity index is 659. The van der Waals surface area contributed by atoms with E-state index < -0.39 is 0 Å². The molecule has 0 aliphatic rings. The van der Waals surface area contributed by atoms with Crippen LogP contribution in [0.2, 0.25) is 10.0 Å². The Kier molecular flexibility index (Phi) is 4.37. The molecule has 0 saturated carbocycles. The maximum absolute atomic E-state index is 12.0. The van der Waals surface area contributed by atoms with Crippen LogP contribution in [0.4, 0.5) is 5.69 Å². The van der Waals surface area contributed by atoms with Crippen molar-refractivity contribution in [3.63, 3.8) is 0 Å². The Labute approximate surface area is 125 Å². The smallest absolute Gasteiger partial charge is 0.255 e. The number of carbonyl (C=O) groups excluding carboxylic acids is 1. The van der Waals surface area contributed by atoms with Gasteiger partial charge in [0, 0.05) is 17.3 Å². The van der Waals surface area contributed by atoms with E-state index in [1.54, 1.807) is 18.2 Å². The van der Waals surface area contributed by atoms with Crippen molar-refractivity contribution in [2.24, 2.45) is 0 Å². The molecule has 0 atom stereocenters. The van der Waals surface area contributed by atoms with E-state index in [9.17, 15) is 9.90 Å². The molecule has 0 aromatic heterocycles. The normalized spacial score (nSPS) is 10.2. The molecule has 0 aliphatic carbocycles. The summed E-state index contributed by atoms with van der Waals surface area (Å²) in [6, 6.07) is 9.12. The van der Waals surface area contributed by atoms with Gasteiger partial charge in [-0.3, -0.25) is 4.79 Å². The molecule has 0 heterocycles. The molecule has 1 amide bonds. The second-order valence-electron chi connectivity index (χ2n) is 3.97. The summed E-state index contributed by atoms with van der Waals surface area (Å²) in [5.41, 5.74) is 0.877. The first-order chi connectivity index (χ1) is 9.51. The molecular formula is C14H11Cl2NO3. The zero-order chi connectivity index (χ0) is 14.7. The molecule has 0 unspecified atom stereocenters. The molecule has 104 valence electrons. The lowest BCUT2D eigenvalue weighted by molar-refractivity contribution is 0.102.